The number of rotatable bonds is 7. The van der Waals surface area contributed by atoms with Crippen LogP contribution in [-0.4, -0.2) is 23.3 Å². The molecule has 0 aromatic heterocycles. The van der Waals surface area contributed by atoms with Crippen LogP contribution in [0.2, 0.25) is 0 Å². The number of hydrazone groups is 1. The molecule has 3 aromatic rings. The molecule has 0 spiro atoms. The molecule has 0 atom stereocenters. The van der Waals surface area contributed by atoms with E-state index in [9.17, 15) is 9.59 Å². The minimum atomic E-state index is -0.969. The van der Waals surface area contributed by atoms with Crippen molar-refractivity contribution < 1.29 is 19.4 Å². The molecule has 3 N–H and O–H groups in total. The van der Waals surface area contributed by atoms with Crippen molar-refractivity contribution in [1.29, 1.82) is 0 Å². The summed E-state index contributed by atoms with van der Waals surface area (Å²) in [6, 6.07) is 19.1. The number of urea groups is 1. The first-order chi connectivity index (χ1) is 14.9. The molecule has 0 saturated heterocycles. The van der Waals surface area contributed by atoms with E-state index in [1.807, 2.05) is 50.2 Å². The largest absolute Gasteiger partial charge is 0.488 e. The maximum Gasteiger partial charge on any atom is 0.339 e. The minimum Gasteiger partial charge on any atom is -0.488 e. The average Bonchev–Trinajstić information content (AvgIpc) is 2.72. The lowest BCUT2D eigenvalue weighted by Gasteiger charge is -2.09. The van der Waals surface area contributed by atoms with Crippen LogP contribution in [0.4, 0.5) is 10.5 Å². The van der Waals surface area contributed by atoms with Gasteiger partial charge in [-0.05, 0) is 66.9 Å². The Bertz CT molecular complexity index is 1090. The van der Waals surface area contributed by atoms with Crippen molar-refractivity contribution >= 4 is 23.9 Å². The average molecular weight is 417 g/mol. The first kappa shape index (κ1) is 21.6. The van der Waals surface area contributed by atoms with E-state index >= 15 is 0 Å². The summed E-state index contributed by atoms with van der Waals surface area (Å²) in [4.78, 5) is 23.0. The summed E-state index contributed by atoms with van der Waals surface area (Å²) in [5.41, 5.74) is 7.01. The van der Waals surface area contributed by atoms with Gasteiger partial charge in [0.05, 0.1) is 11.8 Å². The molecule has 3 rings (SSSR count). The number of carbonyl (C=O) groups excluding carboxylic acids is 1. The number of anilines is 1. The molecule has 0 unspecified atom stereocenters. The third-order valence-electron chi connectivity index (χ3n) is 4.36. The number of aryl methyl sites for hydroxylation is 2. The molecule has 0 aliphatic rings. The number of para-hydroxylation sites is 1. The summed E-state index contributed by atoms with van der Waals surface area (Å²) < 4.78 is 5.84. The van der Waals surface area contributed by atoms with Crippen molar-refractivity contribution in [2.24, 2.45) is 5.10 Å². The molecule has 7 nitrogen and oxygen atoms in total. The summed E-state index contributed by atoms with van der Waals surface area (Å²) in [5, 5.41) is 15.7. The first-order valence-corrected chi connectivity index (χ1v) is 9.63. The van der Waals surface area contributed by atoms with Crippen LogP contribution < -0.4 is 15.5 Å². The zero-order valence-electron chi connectivity index (χ0n) is 17.3. The Morgan fingerprint density at radius 2 is 1.68 bits per heavy atom. The summed E-state index contributed by atoms with van der Waals surface area (Å²) in [7, 11) is 0. The molecule has 2 amide bonds. The number of nitrogens with zero attached hydrogens (tertiary/aromatic N) is 1. The number of hydrogen-bond acceptors (Lipinski definition) is 4. The normalized spacial score (nSPS) is 10.6. The van der Waals surface area contributed by atoms with Gasteiger partial charge in [0.25, 0.3) is 0 Å². The molecule has 31 heavy (non-hydrogen) atoms. The van der Waals surface area contributed by atoms with Crippen LogP contribution in [0.5, 0.6) is 5.75 Å². The smallest absolute Gasteiger partial charge is 0.339 e. The van der Waals surface area contributed by atoms with Gasteiger partial charge in [-0.2, -0.15) is 5.10 Å². The van der Waals surface area contributed by atoms with E-state index < -0.39 is 12.0 Å². The predicted molar refractivity (Wildman–Crippen MR) is 120 cm³/mol. The zero-order valence-corrected chi connectivity index (χ0v) is 17.3. The third kappa shape index (κ3) is 6.43. The highest BCUT2D eigenvalue weighted by Gasteiger charge is 2.05. The molecule has 7 heteroatoms. The molecule has 158 valence electrons. The van der Waals surface area contributed by atoms with E-state index in [1.54, 1.807) is 18.2 Å². The summed E-state index contributed by atoms with van der Waals surface area (Å²) in [6.07, 6.45) is 1.50. The van der Waals surface area contributed by atoms with E-state index in [0.29, 0.717) is 17.0 Å². The fourth-order valence-electron chi connectivity index (χ4n) is 2.99. The standard InChI is InChI=1S/C24H23N3O4/c1-16-11-17(2)13-21(12-16)26-24(30)27-25-14-20-5-3-4-6-22(20)31-15-18-7-9-19(10-8-18)23(28)29/h3-14H,15H2,1-2H3,(H,28,29)(H2,26,27,30)/b25-14+. The maximum atomic E-state index is 12.1. The number of carboxylic acid groups (broad SMARTS) is 1. The van der Waals surface area contributed by atoms with Gasteiger partial charge in [0.1, 0.15) is 12.4 Å². The number of carbonyl (C=O) groups is 2. The van der Waals surface area contributed by atoms with Crippen molar-refractivity contribution in [3.05, 3.63) is 94.5 Å². The van der Waals surface area contributed by atoms with Crippen LogP contribution in [0.25, 0.3) is 0 Å². The van der Waals surface area contributed by atoms with E-state index in [2.05, 4.69) is 15.8 Å². The number of benzene rings is 3. The van der Waals surface area contributed by atoms with Crippen molar-refractivity contribution in [3.63, 3.8) is 0 Å². The number of ether oxygens (including phenoxy) is 1. The second kappa shape index (κ2) is 10.1. The predicted octanol–water partition coefficient (Wildman–Crippen LogP) is 4.74. The van der Waals surface area contributed by atoms with Crippen LogP contribution in [-0.2, 0) is 6.61 Å². The van der Waals surface area contributed by atoms with Gasteiger partial charge in [0, 0.05) is 11.3 Å². The topological polar surface area (TPSA) is 100 Å². The number of amides is 2. The van der Waals surface area contributed by atoms with Gasteiger partial charge in [-0.3, -0.25) is 0 Å². The van der Waals surface area contributed by atoms with Crippen LogP contribution in [0, 0.1) is 13.8 Å². The van der Waals surface area contributed by atoms with Crippen LogP contribution in [0.15, 0.2) is 71.8 Å². The molecular formula is C24H23N3O4. The summed E-state index contributed by atoms with van der Waals surface area (Å²) in [5.74, 6) is -0.381. The van der Waals surface area contributed by atoms with Crippen LogP contribution >= 0.6 is 0 Å². The molecular weight excluding hydrogens is 394 g/mol. The summed E-state index contributed by atoms with van der Waals surface area (Å²) in [6.45, 7) is 4.20. The van der Waals surface area contributed by atoms with Gasteiger partial charge >= 0.3 is 12.0 Å². The summed E-state index contributed by atoms with van der Waals surface area (Å²) >= 11 is 0. The van der Waals surface area contributed by atoms with Gasteiger partial charge in [0.15, 0.2) is 0 Å². The lowest BCUT2D eigenvalue weighted by atomic mass is 10.1. The quantitative estimate of drug-likeness (QED) is 0.382. The minimum absolute atomic E-state index is 0.224. The van der Waals surface area contributed by atoms with Gasteiger partial charge in [-0.25, -0.2) is 15.0 Å². The monoisotopic (exact) mass is 417 g/mol. The number of nitrogens with one attached hydrogen (secondary N) is 2. The highest BCUT2D eigenvalue weighted by molar-refractivity contribution is 5.91. The van der Waals surface area contributed by atoms with Gasteiger partial charge in [0.2, 0.25) is 0 Å². The Kier molecular flexibility index (Phi) is 7.01. The second-order valence-electron chi connectivity index (χ2n) is 7.03. The van der Waals surface area contributed by atoms with Crippen molar-refractivity contribution in [2.45, 2.75) is 20.5 Å². The van der Waals surface area contributed by atoms with Crippen molar-refractivity contribution in [3.8, 4) is 5.75 Å². The molecule has 0 fully saturated rings. The highest BCUT2D eigenvalue weighted by Crippen LogP contribution is 2.18. The Balaban J connectivity index is 1.58. The van der Waals surface area contributed by atoms with E-state index in [0.717, 1.165) is 16.7 Å². The van der Waals surface area contributed by atoms with Crippen molar-refractivity contribution in [1.82, 2.24) is 5.43 Å². The van der Waals surface area contributed by atoms with E-state index in [4.69, 9.17) is 9.84 Å². The molecule has 3 aromatic carbocycles. The Labute approximate surface area is 180 Å². The first-order valence-electron chi connectivity index (χ1n) is 9.63. The van der Waals surface area contributed by atoms with E-state index in [1.165, 1.54) is 18.3 Å². The molecule has 0 heterocycles. The highest BCUT2D eigenvalue weighted by atomic mass is 16.5. The SMILES string of the molecule is Cc1cc(C)cc(NC(=O)N/N=C/c2ccccc2OCc2ccc(C(=O)O)cc2)c1. The number of aromatic carboxylic acids is 1. The second-order valence-corrected chi connectivity index (χ2v) is 7.03. The van der Waals surface area contributed by atoms with Crippen LogP contribution in [0.3, 0.4) is 0 Å². The molecule has 0 bridgehead atoms. The molecule has 0 aliphatic heterocycles. The Morgan fingerprint density at radius 1 is 1.00 bits per heavy atom. The Hall–Kier alpha value is -4.13. The molecule has 0 radical (unpaired) electrons. The van der Waals surface area contributed by atoms with Crippen LogP contribution in [0.1, 0.15) is 32.6 Å². The molecule has 0 aliphatic carbocycles. The van der Waals surface area contributed by atoms with Crippen molar-refractivity contribution in [2.75, 3.05) is 5.32 Å². The number of hydrogen-bond donors (Lipinski definition) is 3. The lowest BCUT2D eigenvalue weighted by Crippen LogP contribution is -2.24. The fraction of sp³-hybridized carbons (Fsp3) is 0.125. The fourth-order valence-corrected chi connectivity index (χ4v) is 2.99. The third-order valence-corrected chi connectivity index (χ3v) is 4.36. The van der Waals surface area contributed by atoms with Gasteiger partial charge in [-0.1, -0.05) is 30.3 Å². The van der Waals surface area contributed by atoms with E-state index in [-0.39, 0.29) is 12.2 Å². The molecule has 0 saturated carbocycles. The zero-order chi connectivity index (χ0) is 22.2. The maximum absolute atomic E-state index is 12.1. The van der Waals surface area contributed by atoms with Gasteiger partial charge < -0.3 is 15.2 Å². The van der Waals surface area contributed by atoms with Gasteiger partial charge in [-0.15, -0.1) is 0 Å². The number of carboxylic acids is 1. The Morgan fingerprint density at radius 3 is 2.35 bits per heavy atom. The lowest BCUT2D eigenvalue weighted by molar-refractivity contribution is 0.0696.